The Morgan fingerprint density at radius 1 is 1.22 bits per heavy atom. The van der Waals surface area contributed by atoms with Crippen molar-refractivity contribution in [2.24, 2.45) is 5.92 Å². The highest BCUT2D eigenvalue weighted by molar-refractivity contribution is 7.99. The number of amides is 1. The zero-order valence-electron chi connectivity index (χ0n) is 13.6. The SMILES string of the molecule is CC(C)CSCC(=O)Nc1ccc(S(=O)(=O)N2CCCC2)cc1. The molecule has 1 fully saturated rings. The number of anilines is 1. The first-order chi connectivity index (χ1) is 10.9. The minimum Gasteiger partial charge on any atom is -0.325 e. The number of carbonyl (C=O) groups is 1. The summed E-state index contributed by atoms with van der Waals surface area (Å²) in [6, 6.07) is 6.41. The number of nitrogens with one attached hydrogen (secondary N) is 1. The number of nitrogens with zero attached hydrogens (tertiary/aromatic N) is 1. The lowest BCUT2D eigenvalue weighted by Crippen LogP contribution is -2.27. The Morgan fingerprint density at radius 3 is 2.39 bits per heavy atom. The van der Waals surface area contributed by atoms with Crippen LogP contribution in [0.25, 0.3) is 0 Å². The second-order valence-electron chi connectivity index (χ2n) is 6.09. The number of carbonyl (C=O) groups excluding carboxylic acids is 1. The summed E-state index contributed by atoms with van der Waals surface area (Å²) in [5, 5.41) is 2.80. The van der Waals surface area contributed by atoms with Gasteiger partial charge in [-0.3, -0.25) is 4.79 Å². The minimum absolute atomic E-state index is 0.0641. The highest BCUT2D eigenvalue weighted by atomic mass is 32.2. The van der Waals surface area contributed by atoms with Gasteiger partial charge in [-0.05, 0) is 48.8 Å². The second-order valence-corrected chi connectivity index (χ2v) is 9.06. The maximum absolute atomic E-state index is 12.4. The number of benzene rings is 1. The Labute approximate surface area is 142 Å². The zero-order valence-corrected chi connectivity index (χ0v) is 15.3. The van der Waals surface area contributed by atoms with E-state index < -0.39 is 10.0 Å². The first-order valence-electron chi connectivity index (χ1n) is 7.87. The molecule has 0 atom stereocenters. The zero-order chi connectivity index (χ0) is 16.9. The average Bonchev–Trinajstić information content (AvgIpc) is 3.02. The van der Waals surface area contributed by atoms with E-state index in [1.165, 1.54) is 4.31 Å². The molecular weight excluding hydrogens is 332 g/mol. The Balaban J connectivity index is 1.93. The fourth-order valence-corrected chi connectivity index (χ4v) is 4.74. The summed E-state index contributed by atoms with van der Waals surface area (Å²) in [5.41, 5.74) is 0.625. The van der Waals surface area contributed by atoms with Gasteiger partial charge < -0.3 is 5.32 Å². The molecule has 5 nitrogen and oxygen atoms in total. The van der Waals surface area contributed by atoms with E-state index in [4.69, 9.17) is 0 Å². The number of hydrogen-bond donors (Lipinski definition) is 1. The Kier molecular flexibility index (Phi) is 6.50. The van der Waals surface area contributed by atoms with E-state index in [1.807, 2.05) is 0 Å². The van der Waals surface area contributed by atoms with Gasteiger partial charge in [0.05, 0.1) is 10.6 Å². The van der Waals surface area contributed by atoms with Gasteiger partial charge in [-0.2, -0.15) is 16.1 Å². The maximum Gasteiger partial charge on any atom is 0.243 e. The largest absolute Gasteiger partial charge is 0.325 e. The molecule has 1 N–H and O–H groups in total. The fraction of sp³-hybridized carbons (Fsp3) is 0.562. The molecule has 0 radical (unpaired) electrons. The summed E-state index contributed by atoms with van der Waals surface area (Å²) in [7, 11) is -3.39. The third-order valence-electron chi connectivity index (χ3n) is 3.53. The van der Waals surface area contributed by atoms with Crippen LogP contribution in [0.5, 0.6) is 0 Å². The van der Waals surface area contributed by atoms with Crippen LogP contribution in [0, 0.1) is 5.92 Å². The van der Waals surface area contributed by atoms with Crippen LogP contribution in [0.1, 0.15) is 26.7 Å². The molecule has 1 aromatic carbocycles. The fourth-order valence-electron chi connectivity index (χ4n) is 2.37. The average molecular weight is 357 g/mol. The molecule has 1 saturated heterocycles. The van der Waals surface area contributed by atoms with Gasteiger partial charge in [0.2, 0.25) is 15.9 Å². The molecule has 128 valence electrons. The first kappa shape index (κ1) is 18.3. The smallest absolute Gasteiger partial charge is 0.243 e. The van der Waals surface area contributed by atoms with Gasteiger partial charge in [0.15, 0.2) is 0 Å². The van der Waals surface area contributed by atoms with Gasteiger partial charge in [-0.25, -0.2) is 8.42 Å². The van der Waals surface area contributed by atoms with Crippen molar-refractivity contribution in [2.45, 2.75) is 31.6 Å². The molecule has 0 aromatic heterocycles. The Morgan fingerprint density at radius 2 is 1.83 bits per heavy atom. The van der Waals surface area contributed by atoms with E-state index in [0.717, 1.165) is 18.6 Å². The molecular formula is C16H24N2O3S2. The predicted molar refractivity (Wildman–Crippen MR) is 95.2 cm³/mol. The third kappa shape index (κ3) is 5.22. The lowest BCUT2D eigenvalue weighted by Gasteiger charge is -2.15. The molecule has 2 rings (SSSR count). The highest BCUT2D eigenvalue weighted by Crippen LogP contribution is 2.22. The van der Waals surface area contributed by atoms with Gasteiger partial charge in [0, 0.05) is 18.8 Å². The van der Waals surface area contributed by atoms with Gasteiger partial charge in [-0.15, -0.1) is 0 Å². The monoisotopic (exact) mass is 356 g/mol. The van der Waals surface area contributed by atoms with Gasteiger partial charge >= 0.3 is 0 Å². The van der Waals surface area contributed by atoms with E-state index in [2.05, 4.69) is 19.2 Å². The summed E-state index contributed by atoms with van der Waals surface area (Å²) in [6.45, 7) is 5.41. The molecule has 1 amide bonds. The molecule has 1 heterocycles. The molecule has 23 heavy (non-hydrogen) atoms. The molecule has 1 aliphatic rings. The van der Waals surface area contributed by atoms with Gasteiger partial charge in [0.25, 0.3) is 0 Å². The number of rotatable bonds is 7. The Bertz CT molecular complexity index is 621. The summed E-state index contributed by atoms with van der Waals surface area (Å²) in [4.78, 5) is 12.1. The number of thioether (sulfide) groups is 1. The second kappa shape index (κ2) is 8.17. The van der Waals surface area contributed by atoms with Crippen molar-refractivity contribution < 1.29 is 13.2 Å². The van der Waals surface area contributed by atoms with Crippen LogP contribution in [0.15, 0.2) is 29.2 Å². The summed E-state index contributed by atoms with van der Waals surface area (Å²) in [5.74, 6) is 1.85. The maximum atomic E-state index is 12.4. The van der Waals surface area contributed by atoms with E-state index in [-0.39, 0.29) is 10.8 Å². The molecule has 0 aliphatic carbocycles. The van der Waals surface area contributed by atoms with Crippen molar-refractivity contribution in [1.29, 1.82) is 0 Å². The normalized spacial score (nSPS) is 16.0. The van der Waals surface area contributed by atoms with Crippen LogP contribution in [0.2, 0.25) is 0 Å². The lowest BCUT2D eigenvalue weighted by atomic mass is 10.3. The van der Waals surface area contributed by atoms with Crippen LogP contribution < -0.4 is 5.32 Å². The molecule has 0 unspecified atom stereocenters. The molecule has 7 heteroatoms. The van der Waals surface area contributed by atoms with E-state index >= 15 is 0 Å². The first-order valence-corrected chi connectivity index (χ1v) is 10.5. The van der Waals surface area contributed by atoms with Crippen LogP contribution in [0.4, 0.5) is 5.69 Å². The van der Waals surface area contributed by atoms with Crippen LogP contribution in [0.3, 0.4) is 0 Å². The Hall–Kier alpha value is -1.05. The molecule has 0 bridgehead atoms. The topological polar surface area (TPSA) is 66.5 Å². The molecule has 0 spiro atoms. The van der Waals surface area contributed by atoms with Crippen molar-refractivity contribution in [1.82, 2.24) is 4.31 Å². The van der Waals surface area contributed by atoms with Crippen molar-refractivity contribution in [3.05, 3.63) is 24.3 Å². The minimum atomic E-state index is -3.39. The van der Waals surface area contributed by atoms with Crippen molar-refractivity contribution in [3.63, 3.8) is 0 Å². The van der Waals surface area contributed by atoms with E-state index in [1.54, 1.807) is 36.0 Å². The molecule has 0 saturated carbocycles. The van der Waals surface area contributed by atoms with Crippen molar-refractivity contribution in [3.8, 4) is 0 Å². The van der Waals surface area contributed by atoms with Crippen LogP contribution in [-0.4, -0.2) is 43.2 Å². The number of sulfonamides is 1. The van der Waals surface area contributed by atoms with Crippen LogP contribution in [-0.2, 0) is 14.8 Å². The highest BCUT2D eigenvalue weighted by Gasteiger charge is 2.26. The van der Waals surface area contributed by atoms with E-state index in [0.29, 0.717) is 30.4 Å². The summed E-state index contributed by atoms with van der Waals surface area (Å²) < 4.78 is 26.3. The molecule has 1 aliphatic heterocycles. The van der Waals surface area contributed by atoms with Crippen LogP contribution >= 0.6 is 11.8 Å². The summed E-state index contributed by atoms with van der Waals surface area (Å²) in [6.07, 6.45) is 1.84. The quantitative estimate of drug-likeness (QED) is 0.816. The van der Waals surface area contributed by atoms with Gasteiger partial charge in [-0.1, -0.05) is 13.8 Å². The predicted octanol–water partition coefficient (Wildman–Crippen LogP) is 2.80. The third-order valence-corrected chi connectivity index (χ3v) is 6.81. The van der Waals surface area contributed by atoms with E-state index in [9.17, 15) is 13.2 Å². The number of hydrogen-bond acceptors (Lipinski definition) is 4. The standard InChI is InChI=1S/C16H24N2O3S2/c1-13(2)11-22-12-16(19)17-14-5-7-15(8-6-14)23(20,21)18-9-3-4-10-18/h5-8,13H,3-4,9-12H2,1-2H3,(H,17,19). The van der Waals surface area contributed by atoms with Crippen molar-refractivity contribution in [2.75, 3.05) is 29.9 Å². The molecule has 1 aromatic rings. The van der Waals surface area contributed by atoms with Crippen molar-refractivity contribution >= 4 is 33.4 Å². The summed E-state index contributed by atoms with van der Waals surface area (Å²) >= 11 is 1.60. The van der Waals surface area contributed by atoms with Gasteiger partial charge in [0.1, 0.15) is 0 Å². The lowest BCUT2D eigenvalue weighted by molar-refractivity contribution is -0.113.